The fraction of sp³-hybridized carbons (Fsp3) is 0.188. The SMILES string of the molecule is COc1ccc([C@H](C(=O)NCc2ccccc2)N(C(=O)Cn2nnc3ccccc32)c2ccccc2C)c(OC)c1. The molecule has 9 nitrogen and oxygen atoms in total. The molecule has 208 valence electrons. The molecule has 9 heteroatoms. The predicted octanol–water partition coefficient (Wildman–Crippen LogP) is 4.85. The number of nitrogens with zero attached hydrogens (tertiary/aromatic N) is 4. The van der Waals surface area contributed by atoms with Gasteiger partial charge in [-0.2, -0.15) is 0 Å². The molecule has 0 spiro atoms. The Morgan fingerprint density at radius 3 is 2.39 bits per heavy atom. The molecule has 0 saturated carbocycles. The number of anilines is 1. The Morgan fingerprint density at radius 2 is 1.63 bits per heavy atom. The van der Waals surface area contributed by atoms with Crippen LogP contribution in [0.4, 0.5) is 5.69 Å². The van der Waals surface area contributed by atoms with Crippen molar-refractivity contribution >= 4 is 28.5 Å². The Balaban J connectivity index is 1.62. The molecule has 5 aromatic rings. The van der Waals surface area contributed by atoms with Crippen LogP contribution in [0.15, 0.2) is 97.1 Å². The molecule has 5 rings (SSSR count). The summed E-state index contributed by atoms with van der Waals surface area (Å²) < 4.78 is 12.7. The zero-order valence-electron chi connectivity index (χ0n) is 23.2. The molecule has 0 radical (unpaired) electrons. The van der Waals surface area contributed by atoms with Gasteiger partial charge >= 0.3 is 0 Å². The predicted molar refractivity (Wildman–Crippen MR) is 157 cm³/mol. The van der Waals surface area contributed by atoms with Crippen LogP contribution >= 0.6 is 0 Å². The minimum absolute atomic E-state index is 0.129. The van der Waals surface area contributed by atoms with Crippen molar-refractivity contribution in [1.29, 1.82) is 0 Å². The van der Waals surface area contributed by atoms with Crippen molar-refractivity contribution in [3.8, 4) is 11.5 Å². The number of hydrogen-bond donors (Lipinski definition) is 1. The summed E-state index contributed by atoms with van der Waals surface area (Å²) >= 11 is 0. The Morgan fingerprint density at radius 1 is 0.902 bits per heavy atom. The number of ether oxygens (including phenoxy) is 2. The fourth-order valence-corrected chi connectivity index (χ4v) is 4.81. The average molecular weight is 550 g/mol. The van der Waals surface area contributed by atoms with Crippen molar-refractivity contribution in [3.63, 3.8) is 0 Å². The molecule has 0 bridgehead atoms. The maximum Gasteiger partial charge on any atom is 0.249 e. The molecule has 1 atom stereocenters. The molecule has 0 fully saturated rings. The lowest BCUT2D eigenvalue weighted by molar-refractivity contribution is -0.127. The molecule has 0 saturated heterocycles. The van der Waals surface area contributed by atoms with Gasteiger partial charge in [0.15, 0.2) is 0 Å². The molecule has 41 heavy (non-hydrogen) atoms. The maximum atomic E-state index is 14.3. The van der Waals surface area contributed by atoms with Crippen LogP contribution in [0.5, 0.6) is 11.5 Å². The molecular weight excluding hydrogens is 518 g/mol. The third-order valence-electron chi connectivity index (χ3n) is 6.90. The van der Waals surface area contributed by atoms with E-state index in [4.69, 9.17) is 9.47 Å². The number of benzene rings is 4. The number of rotatable bonds is 10. The lowest BCUT2D eigenvalue weighted by atomic mass is 10.00. The van der Waals surface area contributed by atoms with E-state index in [0.29, 0.717) is 28.3 Å². The Kier molecular flexibility index (Phi) is 8.24. The second-order valence-electron chi connectivity index (χ2n) is 9.50. The lowest BCUT2D eigenvalue weighted by Gasteiger charge is -2.33. The van der Waals surface area contributed by atoms with Crippen LogP contribution in [-0.4, -0.2) is 41.0 Å². The number of fused-ring (bicyclic) bond motifs is 1. The highest BCUT2D eigenvalue weighted by Gasteiger charge is 2.36. The number of para-hydroxylation sites is 2. The Hall–Kier alpha value is -5.18. The number of hydrogen-bond acceptors (Lipinski definition) is 6. The number of amides is 2. The number of aryl methyl sites for hydroxylation is 1. The number of carbonyl (C=O) groups excluding carboxylic acids is 2. The van der Waals surface area contributed by atoms with Crippen LogP contribution in [0, 0.1) is 6.92 Å². The average Bonchev–Trinajstić information content (AvgIpc) is 3.42. The van der Waals surface area contributed by atoms with Crippen molar-refractivity contribution in [1.82, 2.24) is 20.3 Å². The summed E-state index contributed by atoms with van der Waals surface area (Å²) in [7, 11) is 3.09. The van der Waals surface area contributed by atoms with E-state index >= 15 is 0 Å². The van der Waals surface area contributed by atoms with E-state index in [2.05, 4.69) is 15.6 Å². The topological polar surface area (TPSA) is 98.6 Å². The molecule has 4 aromatic carbocycles. The van der Waals surface area contributed by atoms with Crippen LogP contribution in [-0.2, 0) is 22.7 Å². The van der Waals surface area contributed by atoms with Crippen molar-refractivity contribution in [2.45, 2.75) is 26.1 Å². The first-order chi connectivity index (χ1) is 20.0. The molecule has 0 aliphatic carbocycles. The van der Waals surface area contributed by atoms with Crippen molar-refractivity contribution in [3.05, 3.63) is 114 Å². The summed E-state index contributed by atoms with van der Waals surface area (Å²) in [6, 6.07) is 28.7. The summed E-state index contributed by atoms with van der Waals surface area (Å²) in [5.41, 5.74) is 4.27. The normalized spacial score (nSPS) is 11.6. The van der Waals surface area contributed by atoms with Gasteiger partial charge in [0.05, 0.1) is 19.7 Å². The van der Waals surface area contributed by atoms with E-state index in [9.17, 15) is 9.59 Å². The molecule has 0 aliphatic heterocycles. The number of nitrogens with one attached hydrogen (secondary N) is 1. The zero-order chi connectivity index (χ0) is 28.8. The van der Waals surface area contributed by atoms with Gasteiger partial charge in [0.1, 0.15) is 29.6 Å². The van der Waals surface area contributed by atoms with Gasteiger partial charge in [-0.15, -0.1) is 5.10 Å². The standard InChI is InChI=1S/C32H31N5O4/c1-22-11-7-9-15-27(22)37(30(38)21-36-28-16-10-8-14-26(28)34-35-36)31(25-18-17-24(40-2)19-29(25)41-3)32(39)33-20-23-12-5-4-6-13-23/h4-19,31H,20-21H2,1-3H3,(H,33,39)/t31-/m1/s1. The first-order valence-electron chi connectivity index (χ1n) is 13.2. The Labute approximate surface area is 238 Å². The third kappa shape index (κ3) is 5.89. The maximum absolute atomic E-state index is 14.3. The van der Waals surface area contributed by atoms with Crippen LogP contribution < -0.4 is 19.7 Å². The van der Waals surface area contributed by atoms with Gasteiger partial charge in [-0.25, -0.2) is 4.68 Å². The summed E-state index contributed by atoms with van der Waals surface area (Å²) in [6.45, 7) is 2.07. The second kappa shape index (κ2) is 12.3. The summed E-state index contributed by atoms with van der Waals surface area (Å²) in [5, 5.41) is 11.5. The minimum Gasteiger partial charge on any atom is -0.497 e. The summed E-state index contributed by atoms with van der Waals surface area (Å²) in [6.07, 6.45) is 0. The number of methoxy groups -OCH3 is 2. The third-order valence-corrected chi connectivity index (χ3v) is 6.90. The highest BCUT2D eigenvalue weighted by atomic mass is 16.5. The molecule has 0 aliphatic rings. The second-order valence-corrected chi connectivity index (χ2v) is 9.50. The van der Waals surface area contributed by atoms with Gasteiger partial charge in [0, 0.05) is 23.9 Å². The van der Waals surface area contributed by atoms with E-state index in [0.717, 1.165) is 16.6 Å². The molecule has 0 unspecified atom stereocenters. The van der Waals surface area contributed by atoms with Crippen LogP contribution in [0.1, 0.15) is 22.7 Å². The molecule has 1 heterocycles. The van der Waals surface area contributed by atoms with E-state index in [1.165, 1.54) is 12.0 Å². The summed E-state index contributed by atoms with van der Waals surface area (Å²) in [5.74, 6) is 0.281. The quantitative estimate of drug-likeness (QED) is 0.268. The minimum atomic E-state index is -1.07. The highest BCUT2D eigenvalue weighted by Crippen LogP contribution is 2.37. The van der Waals surface area contributed by atoms with Crippen molar-refractivity contribution in [2.24, 2.45) is 0 Å². The van der Waals surface area contributed by atoms with Gasteiger partial charge < -0.3 is 14.8 Å². The van der Waals surface area contributed by atoms with E-state index in [1.54, 1.807) is 30.0 Å². The largest absolute Gasteiger partial charge is 0.497 e. The smallest absolute Gasteiger partial charge is 0.249 e. The first-order valence-corrected chi connectivity index (χ1v) is 13.2. The lowest BCUT2D eigenvalue weighted by Crippen LogP contribution is -2.45. The van der Waals surface area contributed by atoms with Gasteiger partial charge in [-0.3, -0.25) is 14.5 Å². The zero-order valence-corrected chi connectivity index (χ0v) is 23.2. The van der Waals surface area contributed by atoms with E-state index in [-0.39, 0.29) is 24.9 Å². The van der Waals surface area contributed by atoms with E-state index in [1.807, 2.05) is 85.8 Å². The van der Waals surface area contributed by atoms with Crippen molar-refractivity contribution < 1.29 is 19.1 Å². The molecule has 1 aromatic heterocycles. The molecular formula is C32H31N5O4. The van der Waals surface area contributed by atoms with Gasteiger partial charge in [0.2, 0.25) is 11.8 Å². The number of aromatic nitrogens is 3. The van der Waals surface area contributed by atoms with Gasteiger partial charge in [-0.1, -0.05) is 65.9 Å². The fourth-order valence-electron chi connectivity index (χ4n) is 4.81. The molecule has 2 amide bonds. The monoisotopic (exact) mass is 549 g/mol. The van der Waals surface area contributed by atoms with Crippen LogP contribution in [0.25, 0.3) is 11.0 Å². The number of carbonyl (C=O) groups is 2. The highest BCUT2D eigenvalue weighted by molar-refractivity contribution is 6.02. The molecule has 1 N–H and O–H groups in total. The Bertz CT molecular complexity index is 1670. The van der Waals surface area contributed by atoms with Gasteiger partial charge in [0.25, 0.3) is 0 Å². The van der Waals surface area contributed by atoms with E-state index < -0.39 is 6.04 Å². The first kappa shape index (κ1) is 27.4. The van der Waals surface area contributed by atoms with Crippen molar-refractivity contribution in [2.75, 3.05) is 19.1 Å². The summed E-state index contributed by atoms with van der Waals surface area (Å²) in [4.78, 5) is 30.0. The van der Waals surface area contributed by atoms with Crippen LogP contribution in [0.2, 0.25) is 0 Å². The van der Waals surface area contributed by atoms with Crippen LogP contribution in [0.3, 0.4) is 0 Å². The van der Waals surface area contributed by atoms with Gasteiger partial charge in [-0.05, 0) is 48.4 Å².